The van der Waals surface area contributed by atoms with Crippen LogP contribution in [0.1, 0.15) is 50.1 Å². The van der Waals surface area contributed by atoms with Gasteiger partial charge >= 0.3 is 18.5 Å². The molecule has 0 aromatic heterocycles. The van der Waals surface area contributed by atoms with Gasteiger partial charge in [0, 0.05) is 22.3 Å². The third kappa shape index (κ3) is 7.63. The van der Waals surface area contributed by atoms with Crippen LogP contribution >= 0.6 is 0 Å². The van der Waals surface area contributed by atoms with E-state index in [-0.39, 0.29) is 46.7 Å². The lowest BCUT2D eigenvalue weighted by molar-refractivity contribution is -0.143. The number of nitrogens with zero attached hydrogens (tertiary/aromatic N) is 3. The van der Waals surface area contributed by atoms with E-state index in [0.717, 1.165) is 6.07 Å². The smallest absolute Gasteiger partial charge is 0.238 e. The minimum absolute atomic E-state index is 0.00663. The largest absolute Gasteiger partial charge is 0.416 e. The number of hydrogen-bond acceptors (Lipinski definition) is 2. The Hall–Kier alpha value is -5.38. The minimum atomic E-state index is -5.09. The summed E-state index contributed by atoms with van der Waals surface area (Å²) in [4.78, 5) is 2.84. The zero-order valence-electron chi connectivity index (χ0n) is 20.8. The Labute approximate surface area is 233 Å². The van der Waals surface area contributed by atoms with E-state index >= 15 is 0 Å². The fraction of sp³-hybridized carbons (Fsp3) is 0.167. The number of benzene rings is 3. The first-order valence-corrected chi connectivity index (χ1v) is 11.4. The molecule has 0 fully saturated rings. The van der Waals surface area contributed by atoms with Crippen molar-refractivity contribution in [3.05, 3.63) is 110 Å². The molecular formula is C30H12F9N3. The van der Waals surface area contributed by atoms with E-state index in [9.17, 15) is 50.0 Å². The first kappa shape index (κ1) is 31.2. The molecule has 0 aliphatic heterocycles. The molecule has 3 aromatic rings. The average Bonchev–Trinajstić information content (AvgIpc) is 2.90. The van der Waals surface area contributed by atoms with Crippen LogP contribution in [0.3, 0.4) is 0 Å². The lowest BCUT2D eigenvalue weighted by Crippen LogP contribution is -2.11. The SMILES string of the molecule is [C-]#[N+]c1ccc(C#Cc2cc(C#Cc3cc(C(F)(F)F)cc(C(F)(F)F)c3)c(CC#N)cc2CC#N)cc1C(F)(F)F. The van der Waals surface area contributed by atoms with Crippen LogP contribution in [0.25, 0.3) is 4.85 Å². The van der Waals surface area contributed by atoms with E-state index in [1.54, 1.807) is 0 Å². The average molecular weight is 585 g/mol. The number of alkyl halides is 9. The van der Waals surface area contributed by atoms with Gasteiger partial charge in [0.25, 0.3) is 0 Å². The van der Waals surface area contributed by atoms with Crippen molar-refractivity contribution in [2.75, 3.05) is 0 Å². The first-order chi connectivity index (χ1) is 19.6. The standard InChI is InChI=1S/C30H12F9N3/c1-42-27-7-4-18(14-26(27)30(37,38)39)2-5-20-15-21(23(9-11-41)16-22(20)8-10-40)6-3-19-12-24(28(31,32)33)17-25(13-19)29(34,35)36/h4,7,12-17H,8-9H2. The molecule has 0 aliphatic rings. The van der Waals surface area contributed by atoms with Crippen molar-refractivity contribution in [2.24, 2.45) is 0 Å². The van der Waals surface area contributed by atoms with Gasteiger partial charge < -0.3 is 0 Å². The second-order valence-corrected chi connectivity index (χ2v) is 8.47. The summed E-state index contributed by atoms with van der Waals surface area (Å²) >= 11 is 0. The summed E-state index contributed by atoms with van der Waals surface area (Å²) in [6.07, 6.45) is -15.6. The predicted molar refractivity (Wildman–Crippen MR) is 131 cm³/mol. The predicted octanol–water partition coefficient (Wildman–Crippen LogP) is 8.23. The number of nitriles is 2. The molecule has 0 bridgehead atoms. The summed E-state index contributed by atoms with van der Waals surface area (Å²) in [6, 6.07) is 9.92. The minimum Gasteiger partial charge on any atom is -0.238 e. The Bertz CT molecular complexity index is 1750. The Morgan fingerprint density at radius 1 is 0.595 bits per heavy atom. The summed E-state index contributed by atoms with van der Waals surface area (Å²) in [5, 5.41) is 18.4. The lowest BCUT2D eigenvalue weighted by atomic mass is 9.95. The Morgan fingerprint density at radius 2 is 1.10 bits per heavy atom. The number of halogens is 9. The molecule has 42 heavy (non-hydrogen) atoms. The highest BCUT2D eigenvalue weighted by Crippen LogP contribution is 2.37. The zero-order valence-corrected chi connectivity index (χ0v) is 20.8. The van der Waals surface area contributed by atoms with Crippen molar-refractivity contribution in [1.29, 1.82) is 10.5 Å². The van der Waals surface area contributed by atoms with Gasteiger partial charge in [-0.05, 0) is 41.5 Å². The van der Waals surface area contributed by atoms with E-state index in [4.69, 9.17) is 6.57 Å². The molecule has 0 unspecified atom stereocenters. The molecule has 0 atom stereocenters. The van der Waals surface area contributed by atoms with Gasteiger partial charge in [0.15, 0.2) is 5.69 Å². The van der Waals surface area contributed by atoms with Crippen LogP contribution in [0.5, 0.6) is 0 Å². The van der Waals surface area contributed by atoms with E-state index in [1.807, 2.05) is 12.1 Å². The maximum absolute atomic E-state index is 13.3. The third-order valence-corrected chi connectivity index (χ3v) is 5.56. The molecule has 0 saturated heterocycles. The van der Waals surface area contributed by atoms with Gasteiger partial charge in [-0.1, -0.05) is 41.9 Å². The Morgan fingerprint density at radius 3 is 1.52 bits per heavy atom. The molecule has 0 spiro atoms. The normalized spacial score (nSPS) is 11.2. The molecule has 0 amide bonds. The molecular weight excluding hydrogens is 573 g/mol. The van der Waals surface area contributed by atoms with Crippen molar-refractivity contribution in [1.82, 2.24) is 0 Å². The topological polar surface area (TPSA) is 51.9 Å². The van der Waals surface area contributed by atoms with Crippen LogP contribution in [0.4, 0.5) is 45.2 Å². The molecule has 0 heterocycles. The zero-order chi connectivity index (χ0) is 31.3. The summed E-state index contributed by atoms with van der Waals surface area (Å²) in [6.45, 7) is 6.92. The van der Waals surface area contributed by atoms with Crippen LogP contribution in [0.2, 0.25) is 0 Å². The molecule has 12 heteroatoms. The quantitative estimate of drug-likeness (QED) is 0.173. The van der Waals surface area contributed by atoms with Crippen LogP contribution in [0.15, 0.2) is 48.5 Å². The van der Waals surface area contributed by atoms with E-state index in [1.165, 1.54) is 18.2 Å². The molecule has 3 rings (SSSR count). The molecule has 0 radical (unpaired) electrons. The third-order valence-electron chi connectivity index (χ3n) is 5.56. The van der Waals surface area contributed by atoms with Crippen LogP contribution in [0, 0.1) is 52.9 Å². The fourth-order valence-corrected chi connectivity index (χ4v) is 3.64. The van der Waals surface area contributed by atoms with Gasteiger partial charge in [-0.25, -0.2) is 4.85 Å². The highest BCUT2D eigenvalue weighted by atomic mass is 19.4. The summed E-state index contributed by atoms with van der Waals surface area (Å²) in [5.41, 5.74) is -5.22. The molecule has 0 N–H and O–H groups in total. The second kappa shape index (κ2) is 12.0. The van der Waals surface area contributed by atoms with Gasteiger partial charge in [0.05, 0.1) is 48.2 Å². The Kier molecular flexibility index (Phi) is 8.91. The molecule has 3 nitrogen and oxygen atoms in total. The summed E-state index contributed by atoms with van der Waals surface area (Å²) < 4.78 is 119. The van der Waals surface area contributed by atoms with Crippen LogP contribution in [-0.2, 0) is 31.4 Å². The van der Waals surface area contributed by atoms with Crippen molar-refractivity contribution in [2.45, 2.75) is 31.4 Å². The van der Waals surface area contributed by atoms with Gasteiger partial charge in [0.2, 0.25) is 0 Å². The molecule has 0 aliphatic carbocycles. The van der Waals surface area contributed by atoms with Crippen molar-refractivity contribution in [3.63, 3.8) is 0 Å². The second-order valence-electron chi connectivity index (χ2n) is 8.47. The maximum atomic E-state index is 13.3. The number of hydrogen-bond donors (Lipinski definition) is 0. The van der Waals surface area contributed by atoms with Gasteiger partial charge in [-0.15, -0.1) is 0 Å². The highest BCUT2D eigenvalue weighted by Gasteiger charge is 2.37. The van der Waals surface area contributed by atoms with Gasteiger partial charge in [-0.3, -0.25) is 0 Å². The van der Waals surface area contributed by atoms with Gasteiger partial charge in [-0.2, -0.15) is 50.0 Å². The number of rotatable bonds is 2. The van der Waals surface area contributed by atoms with Crippen molar-refractivity contribution >= 4 is 5.69 Å². The Balaban J connectivity index is 2.19. The molecule has 210 valence electrons. The van der Waals surface area contributed by atoms with Crippen molar-refractivity contribution < 1.29 is 39.5 Å². The summed E-state index contributed by atoms with van der Waals surface area (Å²) in [7, 11) is 0. The van der Waals surface area contributed by atoms with Crippen LogP contribution < -0.4 is 0 Å². The van der Waals surface area contributed by atoms with Gasteiger partial charge in [0.1, 0.15) is 0 Å². The van der Waals surface area contributed by atoms with E-state index in [0.29, 0.717) is 18.2 Å². The molecule has 3 aromatic carbocycles. The first-order valence-electron chi connectivity index (χ1n) is 11.4. The fourth-order valence-electron chi connectivity index (χ4n) is 3.64. The van der Waals surface area contributed by atoms with E-state index in [2.05, 4.69) is 28.5 Å². The van der Waals surface area contributed by atoms with Crippen molar-refractivity contribution in [3.8, 4) is 35.8 Å². The lowest BCUT2D eigenvalue weighted by Gasteiger charge is -2.12. The molecule has 0 saturated carbocycles. The van der Waals surface area contributed by atoms with E-state index < -0.39 is 46.5 Å². The van der Waals surface area contributed by atoms with Crippen LogP contribution in [-0.4, -0.2) is 0 Å². The summed E-state index contributed by atoms with van der Waals surface area (Å²) in [5.74, 6) is 9.80. The monoisotopic (exact) mass is 585 g/mol. The maximum Gasteiger partial charge on any atom is 0.416 e. The highest BCUT2D eigenvalue weighted by molar-refractivity contribution is 5.60.